The molecule has 37 heavy (non-hydrogen) atoms. The van der Waals surface area contributed by atoms with Gasteiger partial charge in [0.1, 0.15) is 31.0 Å². The molecule has 6 N–H and O–H groups in total. The van der Waals surface area contributed by atoms with Gasteiger partial charge in [-0.15, -0.1) is 0 Å². The Morgan fingerprint density at radius 3 is 2.57 bits per heavy atom. The van der Waals surface area contributed by atoms with E-state index in [4.69, 9.17) is 15.2 Å². The number of carbonyl (C=O) groups is 2. The van der Waals surface area contributed by atoms with Crippen LogP contribution in [-0.4, -0.2) is 68.6 Å². The first kappa shape index (κ1) is 28.2. The van der Waals surface area contributed by atoms with Crippen molar-refractivity contribution in [1.82, 2.24) is 14.9 Å². The molecule has 0 aliphatic carbocycles. The molecule has 0 radical (unpaired) electrons. The molecule has 1 aliphatic heterocycles. The molecular formula is C24H31FN4O8. The predicted molar refractivity (Wildman–Crippen MR) is 128 cm³/mol. The number of H-pyrrole nitrogens is 1. The Morgan fingerprint density at radius 2 is 1.92 bits per heavy atom. The molecule has 1 amide bonds. The number of aliphatic hydroxyl groups is 2. The van der Waals surface area contributed by atoms with Crippen LogP contribution in [0.2, 0.25) is 0 Å². The van der Waals surface area contributed by atoms with E-state index in [0.717, 1.165) is 5.56 Å². The molecule has 1 fully saturated rings. The van der Waals surface area contributed by atoms with Gasteiger partial charge in [0.25, 0.3) is 5.56 Å². The number of carbonyl (C=O) groups excluding carboxylic acids is 2. The van der Waals surface area contributed by atoms with Crippen LogP contribution in [0.15, 0.2) is 46.1 Å². The maximum absolute atomic E-state index is 13.7. The number of benzene rings is 1. The van der Waals surface area contributed by atoms with Crippen LogP contribution in [0.25, 0.3) is 0 Å². The van der Waals surface area contributed by atoms with Crippen molar-refractivity contribution in [2.75, 3.05) is 6.61 Å². The normalized spacial score (nSPS) is 23.7. The average molecular weight is 523 g/mol. The van der Waals surface area contributed by atoms with Gasteiger partial charge in [-0.05, 0) is 17.9 Å². The molecule has 0 bridgehead atoms. The molecule has 1 aromatic carbocycles. The van der Waals surface area contributed by atoms with E-state index >= 15 is 0 Å². The summed E-state index contributed by atoms with van der Waals surface area (Å²) >= 11 is 0. The Bertz CT molecular complexity index is 1200. The van der Waals surface area contributed by atoms with Crippen LogP contribution in [0.5, 0.6) is 0 Å². The van der Waals surface area contributed by atoms with E-state index in [9.17, 15) is 33.8 Å². The lowest BCUT2D eigenvalue weighted by atomic mass is 9.98. The highest BCUT2D eigenvalue weighted by atomic mass is 19.1. The third-order valence-electron chi connectivity index (χ3n) is 6.33. The maximum Gasteiger partial charge on any atom is 0.330 e. The molecule has 0 spiro atoms. The first-order valence-corrected chi connectivity index (χ1v) is 11.8. The predicted octanol–water partition coefficient (Wildman–Crippen LogP) is -1.06. The zero-order valence-corrected chi connectivity index (χ0v) is 20.4. The highest BCUT2D eigenvalue weighted by Crippen LogP contribution is 2.28. The monoisotopic (exact) mass is 522 g/mol. The number of nitrogens with zero attached hydrogens (tertiary/aromatic N) is 1. The molecule has 2 aromatic rings. The van der Waals surface area contributed by atoms with Crippen molar-refractivity contribution in [2.24, 2.45) is 11.7 Å². The molecule has 1 saturated heterocycles. The smallest absolute Gasteiger partial charge is 0.330 e. The summed E-state index contributed by atoms with van der Waals surface area (Å²) in [5, 5.41) is 23.3. The minimum atomic E-state index is -1.69. The quantitative estimate of drug-likeness (QED) is 0.243. The summed E-state index contributed by atoms with van der Waals surface area (Å²) < 4.78 is 25.0. The second-order valence-corrected chi connectivity index (χ2v) is 8.99. The van der Waals surface area contributed by atoms with Gasteiger partial charge < -0.3 is 30.7 Å². The van der Waals surface area contributed by atoms with Gasteiger partial charge in [0.15, 0.2) is 6.23 Å². The molecule has 12 nitrogen and oxygen atoms in total. The number of hydrogen-bond donors (Lipinski definition) is 5. The summed E-state index contributed by atoms with van der Waals surface area (Å²) in [4.78, 5) is 50.6. The molecule has 1 aliphatic rings. The third kappa shape index (κ3) is 6.68. The Hall–Kier alpha value is -3.39. The fraction of sp³-hybridized carbons (Fsp3) is 0.500. The highest BCUT2D eigenvalue weighted by Gasteiger charge is 2.45. The Balaban J connectivity index is 1.64. The number of amides is 1. The van der Waals surface area contributed by atoms with Crippen LogP contribution in [-0.2, 0) is 25.5 Å². The summed E-state index contributed by atoms with van der Waals surface area (Å²) in [5.41, 5.74) is 4.57. The van der Waals surface area contributed by atoms with Crippen molar-refractivity contribution < 1.29 is 33.7 Å². The van der Waals surface area contributed by atoms with E-state index in [0.29, 0.717) is 17.2 Å². The van der Waals surface area contributed by atoms with E-state index < -0.39 is 72.2 Å². The number of nitrogens with two attached hydrogens (primary N) is 1. The fourth-order valence-electron chi connectivity index (χ4n) is 3.89. The van der Waals surface area contributed by atoms with E-state index in [1.54, 1.807) is 11.9 Å². The van der Waals surface area contributed by atoms with Crippen molar-refractivity contribution in [3.8, 4) is 0 Å². The van der Waals surface area contributed by atoms with Crippen LogP contribution in [0.4, 0.5) is 4.39 Å². The number of esters is 1. The summed E-state index contributed by atoms with van der Waals surface area (Å²) in [6.45, 7) is 3.03. The van der Waals surface area contributed by atoms with Crippen LogP contribution in [0.1, 0.15) is 32.1 Å². The minimum absolute atomic E-state index is 0.265. The van der Waals surface area contributed by atoms with Gasteiger partial charge in [0.05, 0.1) is 12.2 Å². The maximum atomic E-state index is 13.7. The Morgan fingerprint density at radius 1 is 1.24 bits per heavy atom. The Labute approximate surface area is 211 Å². The molecule has 0 unspecified atom stereocenters. The average Bonchev–Trinajstić information content (AvgIpc) is 3.16. The van der Waals surface area contributed by atoms with Gasteiger partial charge in [-0.25, -0.2) is 9.59 Å². The van der Waals surface area contributed by atoms with Crippen LogP contribution in [0, 0.1) is 11.7 Å². The molecule has 1 aromatic heterocycles. The largest absolute Gasteiger partial charge is 0.461 e. The first-order chi connectivity index (χ1) is 17.5. The number of hydrogen-bond acceptors (Lipinski definition) is 9. The van der Waals surface area contributed by atoms with Crippen LogP contribution in [0.3, 0.4) is 0 Å². The number of halogens is 1. The van der Waals surface area contributed by atoms with E-state index in [1.165, 1.54) is 0 Å². The zero-order chi connectivity index (χ0) is 27.3. The van der Waals surface area contributed by atoms with E-state index in [-0.39, 0.29) is 12.3 Å². The number of nitrogens with one attached hydrogen (secondary N) is 2. The van der Waals surface area contributed by atoms with E-state index in [1.807, 2.05) is 37.3 Å². The van der Waals surface area contributed by atoms with Crippen molar-refractivity contribution in [1.29, 1.82) is 0 Å². The number of aliphatic hydroxyl groups excluding tert-OH is 2. The summed E-state index contributed by atoms with van der Waals surface area (Å²) in [7, 11) is 0. The fourth-order valence-corrected chi connectivity index (χ4v) is 3.89. The number of aromatic nitrogens is 2. The van der Waals surface area contributed by atoms with Crippen molar-refractivity contribution >= 4 is 11.9 Å². The van der Waals surface area contributed by atoms with Gasteiger partial charge in [-0.1, -0.05) is 50.6 Å². The molecule has 2 heterocycles. The summed E-state index contributed by atoms with van der Waals surface area (Å²) in [6, 6.07) is 7.19. The Kier molecular flexibility index (Phi) is 9.32. The summed E-state index contributed by atoms with van der Waals surface area (Å²) in [5.74, 6) is -2.97. The number of aromatic amines is 1. The van der Waals surface area contributed by atoms with Crippen molar-refractivity contribution in [3.05, 3.63) is 68.7 Å². The van der Waals surface area contributed by atoms with E-state index in [2.05, 4.69) is 5.32 Å². The zero-order valence-electron chi connectivity index (χ0n) is 20.4. The lowest BCUT2D eigenvalue weighted by Gasteiger charge is -2.25. The molecule has 13 heteroatoms. The molecular weight excluding hydrogens is 491 g/mol. The van der Waals surface area contributed by atoms with Crippen molar-refractivity contribution in [2.45, 2.75) is 63.3 Å². The van der Waals surface area contributed by atoms with Crippen molar-refractivity contribution in [3.63, 3.8) is 0 Å². The lowest BCUT2D eigenvalue weighted by Crippen LogP contribution is -2.52. The SMILES string of the molecule is CC[C@H](C)[C@H](NC(=O)[C@@H](N)Cc1ccccc1)C(=O)OC[C@H]1O[C@@H](n2cc(F)c(=O)[nH]c2=O)[C@H](O)[C@@H]1O. The van der Waals surface area contributed by atoms with Gasteiger partial charge in [-0.3, -0.25) is 19.1 Å². The third-order valence-corrected chi connectivity index (χ3v) is 6.33. The lowest BCUT2D eigenvalue weighted by molar-refractivity contribution is -0.155. The number of ether oxygens (including phenoxy) is 2. The summed E-state index contributed by atoms with van der Waals surface area (Å²) in [6.07, 6.45) is -4.77. The topological polar surface area (TPSA) is 186 Å². The number of rotatable bonds is 10. The second kappa shape index (κ2) is 12.2. The second-order valence-electron chi connectivity index (χ2n) is 8.99. The van der Waals surface area contributed by atoms with Gasteiger partial charge in [0, 0.05) is 0 Å². The van der Waals surface area contributed by atoms with Gasteiger partial charge in [-0.2, -0.15) is 4.39 Å². The molecule has 202 valence electrons. The molecule has 3 rings (SSSR count). The first-order valence-electron chi connectivity index (χ1n) is 11.8. The van der Waals surface area contributed by atoms with Crippen LogP contribution >= 0.6 is 0 Å². The highest BCUT2D eigenvalue weighted by molar-refractivity contribution is 5.87. The minimum Gasteiger partial charge on any atom is -0.461 e. The van der Waals surface area contributed by atoms with Gasteiger partial charge in [0.2, 0.25) is 11.7 Å². The van der Waals surface area contributed by atoms with Crippen LogP contribution < -0.4 is 22.3 Å². The van der Waals surface area contributed by atoms with Gasteiger partial charge >= 0.3 is 11.7 Å². The standard InChI is InChI=1S/C24H31FN4O8/c1-3-12(2)17(27-21(33)15(26)9-13-7-5-4-6-8-13)23(34)36-11-16-18(30)19(31)22(37-16)29-10-14(25)20(32)28-24(29)35/h4-8,10,12,15-19,22,30-31H,3,9,11,26H2,1-2H3,(H,27,33)(H,28,32,35)/t12-,15-,16+,17-,18+,19+,22+/m0/s1. The molecule has 0 saturated carbocycles. The molecule has 7 atom stereocenters.